The Morgan fingerprint density at radius 1 is 0.917 bits per heavy atom. The molecular formula is C34H33N5O9. The number of ether oxygens (including phenoxy) is 4. The van der Waals surface area contributed by atoms with Gasteiger partial charge in [0.2, 0.25) is 0 Å². The molecule has 3 N–H and O–H groups in total. The molecule has 1 fully saturated rings. The summed E-state index contributed by atoms with van der Waals surface area (Å²) in [5.41, 5.74) is 1.95. The first-order valence-electron chi connectivity index (χ1n) is 15.5. The Morgan fingerprint density at radius 2 is 1.62 bits per heavy atom. The number of aromatic nitrogens is 4. The van der Waals surface area contributed by atoms with E-state index >= 15 is 0 Å². The molecule has 0 radical (unpaired) electrons. The molecule has 3 heterocycles. The number of esters is 3. The predicted molar refractivity (Wildman–Crippen MR) is 170 cm³/mol. The molecule has 0 spiro atoms. The number of benzene rings is 3. The quantitative estimate of drug-likeness (QED) is 0.132. The maximum atomic E-state index is 12.7. The molecule has 3 aromatic carbocycles. The molecule has 248 valence electrons. The third-order valence-electron chi connectivity index (χ3n) is 8.79. The molecule has 14 nitrogen and oxygen atoms in total. The Balaban J connectivity index is 1.45. The second-order valence-electron chi connectivity index (χ2n) is 11.9. The standard InChI is InChI=1S/C34H33N5O9/c1-16(41)45-30-22-11-10-20-9-8-19-6-4-5-7-21(19)26(20)27(22)28(31(46-17(2)42)32(30)47-18(3)43)38-33-29-34(36-14-35-33)39(15-37-29)25-12-23(44)24(13-40)48-25/h4-11,14-15,23-25,28,30-32,40,44H,12-13H2,1-3H3,(H,35,36,38)/t23-,24+,25+,28-,30+,31+,32-/m0/s1. The summed E-state index contributed by atoms with van der Waals surface area (Å²) < 4.78 is 25.1. The van der Waals surface area contributed by atoms with E-state index in [1.54, 1.807) is 4.57 Å². The molecule has 0 amide bonds. The van der Waals surface area contributed by atoms with Gasteiger partial charge in [0.1, 0.15) is 18.7 Å². The number of carbonyl (C=O) groups excluding carboxylic acids is 3. The highest BCUT2D eigenvalue weighted by Gasteiger charge is 2.50. The topological polar surface area (TPSA) is 184 Å². The minimum absolute atomic E-state index is 0.217. The van der Waals surface area contributed by atoms with Crippen LogP contribution in [0.25, 0.3) is 32.7 Å². The molecule has 0 saturated carbocycles. The fraction of sp³-hybridized carbons (Fsp3) is 0.353. The van der Waals surface area contributed by atoms with Gasteiger partial charge in [-0.15, -0.1) is 0 Å². The van der Waals surface area contributed by atoms with Gasteiger partial charge >= 0.3 is 17.9 Å². The Morgan fingerprint density at radius 3 is 2.35 bits per heavy atom. The third kappa shape index (κ3) is 5.47. The number of aliphatic hydroxyl groups excluding tert-OH is 2. The Kier molecular flexibility index (Phi) is 8.15. The number of imidazole rings is 1. The number of hydrogen-bond acceptors (Lipinski definition) is 13. The first-order valence-corrected chi connectivity index (χ1v) is 15.5. The van der Waals surface area contributed by atoms with Crippen molar-refractivity contribution < 1.29 is 43.5 Å². The molecule has 2 aromatic heterocycles. The van der Waals surface area contributed by atoms with Crippen molar-refractivity contribution in [2.75, 3.05) is 11.9 Å². The van der Waals surface area contributed by atoms with Crippen molar-refractivity contribution in [3.8, 4) is 0 Å². The summed E-state index contributed by atoms with van der Waals surface area (Å²) in [5.74, 6) is -1.65. The second-order valence-corrected chi connectivity index (χ2v) is 11.9. The van der Waals surface area contributed by atoms with E-state index < -0.39 is 60.7 Å². The molecule has 14 heteroatoms. The monoisotopic (exact) mass is 655 g/mol. The zero-order valence-electron chi connectivity index (χ0n) is 26.3. The van der Waals surface area contributed by atoms with E-state index in [0.29, 0.717) is 22.3 Å². The summed E-state index contributed by atoms with van der Waals surface area (Å²) in [6.45, 7) is 3.39. The van der Waals surface area contributed by atoms with Crippen LogP contribution in [0.3, 0.4) is 0 Å². The average molecular weight is 656 g/mol. The van der Waals surface area contributed by atoms with E-state index in [1.165, 1.54) is 33.4 Å². The van der Waals surface area contributed by atoms with E-state index in [1.807, 2.05) is 48.5 Å². The maximum absolute atomic E-state index is 12.7. The second kappa shape index (κ2) is 12.4. The minimum atomic E-state index is -1.23. The minimum Gasteiger partial charge on any atom is -0.456 e. The maximum Gasteiger partial charge on any atom is 0.303 e. The normalized spacial score (nSPS) is 25.1. The Labute approximate surface area is 273 Å². The lowest BCUT2D eigenvalue weighted by molar-refractivity contribution is -0.187. The highest BCUT2D eigenvalue weighted by Crippen LogP contribution is 2.48. The number of hydrogen-bond donors (Lipinski definition) is 3. The number of anilines is 1. The molecule has 48 heavy (non-hydrogen) atoms. The van der Waals surface area contributed by atoms with Crippen molar-refractivity contribution in [2.24, 2.45) is 0 Å². The SMILES string of the molecule is CC(=O)O[C@@H]1[C@H](OC(C)=O)[C@@H](Nc2ncnc3c2ncn3[C@H]2C[C@H](O)[C@@H](CO)O2)c2c(ccc3ccc4ccccc4c23)[C@H]1OC(C)=O. The van der Waals surface area contributed by atoms with Crippen molar-refractivity contribution in [1.82, 2.24) is 19.5 Å². The molecule has 7 atom stereocenters. The van der Waals surface area contributed by atoms with E-state index in [0.717, 1.165) is 21.5 Å². The number of aliphatic hydroxyl groups is 2. The molecule has 2 aliphatic rings. The fourth-order valence-electron chi connectivity index (χ4n) is 6.90. The van der Waals surface area contributed by atoms with E-state index in [4.69, 9.17) is 18.9 Å². The van der Waals surface area contributed by atoms with Gasteiger partial charge in [-0.1, -0.05) is 48.5 Å². The largest absolute Gasteiger partial charge is 0.456 e. The van der Waals surface area contributed by atoms with Crippen LogP contribution in [-0.2, 0) is 33.3 Å². The predicted octanol–water partition coefficient (Wildman–Crippen LogP) is 3.41. The smallest absolute Gasteiger partial charge is 0.303 e. The number of nitrogens with zero attached hydrogens (tertiary/aromatic N) is 4. The molecule has 1 saturated heterocycles. The van der Waals surface area contributed by atoms with Crippen LogP contribution in [0.15, 0.2) is 61.2 Å². The summed E-state index contributed by atoms with van der Waals surface area (Å²) >= 11 is 0. The Bertz CT molecular complexity index is 2070. The van der Waals surface area contributed by atoms with Crippen molar-refractivity contribution in [3.63, 3.8) is 0 Å². The van der Waals surface area contributed by atoms with Crippen LogP contribution in [0.2, 0.25) is 0 Å². The van der Waals surface area contributed by atoms with Crippen LogP contribution in [0.1, 0.15) is 56.7 Å². The lowest BCUT2D eigenvalue weighted by atomic mass is 9.77. The van der Waals surface area contributed by atoms with E-state index in [-0.39, 0.29) is 18.8 Å². The molecule has 5 aromatic rings. The van der Waals surface area contributed by atoms with Gasteiger partial charge in [-0.05, 0) is 27.1 Å². The van der Waals surface area contributed by atoms with Crippen LogP contribution in [0, 0.1) is 0 Å². The summed E-state index contributed by atoms with van der Waals surface area (Å²) in [4.78, 5) is 51.2. The van der Waals surface area contributed by atoms with Gasteiger partial charge < -0.3 is 34.5 Å². The summed E-state index contributed by atoms with van der Waals surface area (Å²) in [5, 5.41) is 26.9. The number of fused-ring (bicyclic) bond motifs is 6. The zero-order valence-corrected chi connectivity index (χ0v) is 26.3. The highest BCUT2D eigenvalue weighted by atomic mass is 16.6. The van der Waals surface area contributed by atoms with Gasteiger partial charge in [0, 0.05) is 32.8 Å². The summed E-state index contributed by atoms with van der Waals surface area (Å²) in [6.07, 6.45) is -2.72. The zero-order chi connectivity index (χ0) is 33.7. The average Bonchev–Trinajstić information content (AvgIpc) is 3.66. The van der Waals surface area contributed by atoms with Crippen LogP contribution < -0.4 is 5.32 Å². The molecule has 0 unspecified atom stereocenters. The molecule has 7 rings (SSSR count). The third-order valence-corrected chi connectivity index (χ3v) is 8.79. The number of rotatable bonds is 7. The van der Waals surface area contributed by atoms with Gasteiger partial charge in [0.15, 0.2) is 35.3 Å². The fourth-order valence-corrected chi connectivity index (χ4v) is 6.90. The van der Waals surface area contributed by atoms with Crippen molar-refractivity contribution in [2.45, 2.75) is 70.0 Å². The van der Waals surface area contributed by atoms with Gasteiger partial charge in [-0.3, -0.25) is 19.0 Å². The van der Waals surface area contributed by atoms with Crippen LogP contribution in [-0.4, -0.2) is 78.7 Å². The van der Waals surface area contributed by atoms with E-state index in [9.17, 15) is 24.6 Å². The van der Waals surface area contributed by atoms with Crippen LogP contribution in [0.4, 0.5) is 5.82 Å². The van der Waals surface area contributed by atoms with E-state index in [2.05, 4.69) is 20.3 Å². The molecule has 1 aliphatic heterocycles. The van der Waals surface area contributed by atoms with Gasteiger partial charge in [0.05, 0.1) is 25.1 Å². The molecule has 0 bridgehead atoms. The van der Waals surface area contributed by atoms with Crippen LogP contribution in [0.5, 0.6) is 0 Å². The highest BCUT2D eigenvalue weighted by molar-refractivity contribution is 6.10. The van der Waals surface area contributed by atoms with Gasteiger partial charge in [-0.25, -0.2) is 15.0 Å². The first kappa shape index (κ1) is 31.4. The first-order chi connectivity index (χ1) is 23.1. The van der Waals surface area contributed by atoms with Crippen LogP contribution >= 0.6 is 0 Å². The molecular weight excluding hydrogens is 622 g/mol. The van der Waals surface area contributed by atoms with Crippen molar-refractivity contribution in [1.29, 1.82) is 0 Å². The van der Waals surface area contributed by atoms with Crippen molar-refractivity contribution >= 4 is 56.4 Å². The summed E-state index contributed by atoms with van der Waals surface area (Å²) in [7, 11) is 0. The lowest BCUT2D eigenvalue weighted by Gasteiger charge is -2.43. The van der Waals surface area contributed by atoms with Gasteiger partial charge in [0.25, 0.3) is 0 Å². The lowest BCUT2D eigenvalue weighted by Crippen LogP contribution is -2.50. The molecule has 1 aliphatic carbocycles. The number of carbonyl (C=O) groups is 3. The summed E-state index contributed by atoms with van der Waals surface area (Å²) in [6, 6.07) is 14.6. The van der Waals surface area contributed by atoms with Crippen molar-refractivity contribution in [3.05, 3.63) is 72.3 Å². The van der Waals surface area contributed by atoms with Gasteiger partial charge in [-0.2, -0.15) is 0 Å². The Hall–Kier alpha value is -5.18. The number of nitrogens with one attached hydrogen (secondary N) is 1.